The Morgan fingerprint density at radius 3 is 2.50 bits per heavy atom. The topological polar surface area (TPSA) is 71.3 Å². The lowest BCUT2D eigenvalue weighted by Gasteiger charge is -2.16. The molecule has 0 aliphatic heterocycles. The summed E-state index contributed by atoms with van der Waals surface area (Å²) in [7, 11) is 0. The molecule has 1 aromatic heterocycles. The van der Waals surface area contributed by atoms with Crippen LogP contribution in [-0.4, -0.2) is 17.6 Å². The summed E-state index contributed by atoms with van der Waals surface area (Å²) in [6.45, 7) is 1.89. The van der Waals surface area contributed by atoms with Crippen LogP contribution in [0.3, 0.4) is 0 Å². The number of rotatable bonds is 6. The summed E-state index contributed by atoms with van der Waals surface area (Å²) in [6.07, 6.45) is -2.26. The van der Waals surface area contributed by atoms with Crippen molar-refractivity contribution >= 4 is 35.0 Å². The Balaban J connectivity index is 1.73. The molecule has 0 atom stereocenters. The Morgan fingerprint density at radius 2 is 1.83 bits per heavy atom. The molecule has 5 nitrogen and oxygen atoms in total. The van der Waals surface area contributed by atoms with Gasteiger partial charge in [0.25, 0.3) is 5.91 Å². The van der Waals surface area contributed by atoms with Gasteiger partial charge in [-0.25, -0.2) is 0 Å². The zero-order chi connectivity index (χ0) is 21.7. The molecule has 9 heteroatoms. The molecule has 0 radical (unpaired) electrons. The van der Waals surface area contributed by atoms with Crippen molar-refractivity contribution in [1.29, 1.82) is 0 Å². The summed E-state index contributed by atoms with van der Waals surface area (Å²) in [5.41, 5.74) is -0.333. The monoisotopic (exact) mass is 434 g/mol. The number of nitrogens with one attached hydrogen (secondary N) is 2. The lowest BCUT2D eigenvalue weighted by atomic mass is 10.1. The molecule has 0 saturated heterocycles. The molecule has 0 fully saturated rings. The Morgan fingerprint density at radius 1 is 1.07 bits per heavy atom. The number of carbonyl (C=O) groups excluding carboxylic acids is 2. The molecule has 0 aliphatic carbocycles. The molecule has 0 saturated carbocycles. The fourth-order valence-corrected chi connectivity index (χ4v) is 3.44. The first kappa shape index (κ1) is 21.5. The zero-order valence-electron chi connectivity index (χ0n) is 15.7. The third-order valence-corrected chi connectivity index (χ3v) is 5.27. The van der Waals surface area contributed by atoms with E-state index in [0.717, 1.165) is 22.6 Å². The van der Waals surface area contributed by atoms with Gasteiger partial charge in [0.2, 0.25) is 5.91 Å². The van der Waals surface area contributed by atoms with E-state index in [0.29, 0.717) is 0 Å². The minimum Gasteiger partial charge on any atom is -0.472 e. The fourth-order valence-electron chi connectivity index (χ4n) is 2.61. The van der Waals surface area contributed by atoms with Gasteiger partial charge in [-0.15, -0.1) is 11.8 Å². The second kappa shape index (κ2) is 9.08. The van der Waals surface area contributed by atoms with E-state index in [2.05, 4.69) is 10.6 Å². The van der Waals surface area contributed by atoms with E-state index >= 15 is 0 Å². The molecular formula is C21H17F3N2O3S. The Bertz CT molecular complexity index is 1050. The van der Waals surface area contributed by atoms with Crippen LogP contribution in [0.5, 0.6) is 0 Å². The van der Waals surface area contributed by atoms with Crippen molar-refractivity contribution < 1.29 is 27.2 Å². The summed E-state index contributed by atoms with van der Waals surface area (Å²) in [4.78, 5) is 25.1. The molecule has 0 bridgehead atoms. The van der Waals surface area contributed by atoms with Gasteiger partial charge in [0.1, 0.15) is 6.26 Å². The van der Waals surface area contributed by atoms with Crippen molar-refractivity contribution in [3.05, 3.63) is 77.7 Å². The van der Waals surface area contributed by atoms with Gasteiger partial charge in [-0.05, 0) is 42.8 Å². The van der Waals surface area contributed by atoms with E-state index < -0.39 is 23.6 Å². The fraction of sp³-hybridized carbons (Fsp3) is 0.143. The standard InChI is InChI=1S/C21H17F3N2O3S/c1-13-4-2-3-5-18(13)30-12-19(27)26-17-7-6-15(10-16(17)21(22,23)24)25-20(28)14-8-9-29-11-14/h2-11H,12H2,1H3,(H,25,28)(H,26,27). The van der Waals surface area contributed by atoms with Gasteiger partial charge >= 0.3 is 6.18 Å². The Kier molecular flexibility index (Phi) is 6.51. The van der Waals surface area contributed by atoms with Gasteiger partial charge in [-0.1, -0.05) is 18.2 Å². The van der Waals surface area contributed by atoms with Crippen molar-refractivity contribution in [2.24, 2.45) is 0 Å². The molecule has 2 aromatic carbocycles. The summed E-state index contributed by atoms with van der Waals surface area (Å²) in [5.74, 6) is -1.21. The molecule has 1 heterocycles. The third kappa shape index (κ3) is 5.44. The summed E-state index contributed by atoms with van der Waals surface area (Å²) >= 11 is 1.24. The first-order valence-electron chi connectivity index (χ1n) is 8.77. The number of thioether (sulfide) groups is 1. The maximum absolute atomic E-state index is 13.5. The molecule has 3 rings (SSSR count). The SMILES string of the molecule is Cc1ccccc1SCC(=O)Nc1ccc(NC(=O)c2ccoc2)cc1C(F)(F)F. The highest BCUT2D eigenvalue weighted by Gasteiger charge is 2.34. The lowest BCUT2D eigenvalue weighted by Crippen LogP contribution is -2.19. The largest absolute Gasteiger partial charge is 0.472 e. The maximum Gasteiger partial charge on any atom is 0.418 e. The first-order chi connectivity index (χ1) is 14.2. The number of hydrogen-bond donors (Lipinski definition) is 2. The van der Waals surface area contributed by atoms with Crippen LogP contribution in [0.15, 0.2) is 70.4 Å². The average molecular weight is 434 g/mol. The van der Waals surface area contributed by atoms with Crippen LogP contribution in [0.1, 0.15) is 21.5 Å². The molecule has 2 N–H and O–H groups in total. The molecule has 0 spiro atoms. The number of aryl methyl sites for hydroxylation is 1. The van der Waals surface area contributed by atoms with Crippen molar-refractivity contribution in [2.45, 2.75) is 18.0 Å². The lowest BCUT2D eigenvalue weighted by molar-refractivity contribution is -0.136. The van der Waals surface area contributed by atoms with E-state index in [1.165, 1.54) is 36.4 Å². The second-order valence-electron chi connectivity index (χ2n) is 6.33. The predicted octanol–water partition coefficient (Wildman–Crippen LogP) is 5.59. The normalized spacial score (nSPS) is 11.2. The Hall–Kier alpha value is -3.20. The van der Waals surface area contributed by atoms with E-state index in [1.54, 1.807) is 0 Å². The number of furan rings is 1. The summed E-state index contributed by atoms with van der Waals surface area (Å²) in [5, 5.41) is 4.68. The predicted molar refractivity (Wildman–Crippen MR) is 109 cm³/mol. The van der Waals surface area contributed by atoms with Crippen LogP contribution in [-0.2, 0) is 11.0 Å². The van der Waals surface area contributed by atoms with Crippen molar-refractivity contribution in [3.8, 4) is 0 Å². The van der Waals surface area contributed by atoms with E-state index in [4.69, 9.17) is 4.42 Å². The molecule has 3 aromatic rings. The number of hydrogen-bond acceptors (Lipinski definition) is 4. The number of amides is 2. The highest BCUT2D eigenvalue weighted by Crippen LogP contribution is 2.37. The van der Waals surface area contributed by atoms with Crippen LogP contribution in [0, 0.1) is 6.92 Å². The molecular weight excluding hydrogens is 417 g/mol. The highest BCUT2D eigenvalue weighted by atomic mass is 32.2. The molecule has 0 aliphatic rings. The second-order valence-corrected chi connectivity index (χ2v) is 7.34. The Labute approximate surface area is 174 Å². The van der Waals surface area contributed by atoms with Crippen LogP contribution >= 0.6 is 11.8 Å². The zero-order valence-corrected chi connectivity index (χ0v) is 16.6. The van der Waals surface area contributed by atoms with Crippen LogP contribution in [0.4, 0.5) is 24.5 Å². The molecule has 0 unspecified atom stereocenters. The van der Waals surface area contributed by atoms with Crippen molar-refractivity contribution in [1.82, 2.24) is 0 Å². The highest BCUT2D eigenvalue weighted by molar-refractivity contribution is 8.00. The first-order valence-corrected chi connectivity index (χ1v) is 9.75. The van der Waals surface area contributed by atoms with Crippen LogP contribution in [0.2, 0.25) is 0 Å². The summed E-state index contributed by atoms with van der Waals surface area (Å²) in [6, 6.07) is 12.0. The maximum atomic E-state index is 13.5. The van der Waals surface area contributed by atoms with Gasteiger partial charge in [-0.2, -0.15) is 13.2 Å². The number of halogens is 3. The number of alkyl halides is 3. The van der Waals surface area contributed by atoms with Crippen LogP contribution < -0.4 is 10.6 Å². The van der Waals surface area contributed by atoms with Gasteiger partial charge in [0.05, 0.1) is 28.8 Å². The number of anilines is 2. The minimum atomic E-state index is -4.72. The van der Waals surface area contributed by atoms with Gasteiger partial charge in [0, 0.05) is 10.6 Å². The van der Waals surface area contributed by atoms with E-state index in [9.17, 15) is 22.8 Å². The van der Waals surface area contributed by atoms with E-state index in [-0.39, 0.29) is 22.7 Å². The van der Waals surface area contributed by atoms with E-state index in [1.807, 2.05) is 31.2 Å². The number of carbonyl (C=O) groups is 2. The molecule has 156 valence electrons. The third-order valence-electron chi connectivity index (χ3n) is 4.09. The smallest absolute Gasteiger partial charge is 0.418 e. The van der Waals surface area contributed by atoms with Gasteiger partial charge in [0.15, 0.2) is 0 Å². The average Bonchev–Trinajstić information content (AvgIpc) is 3.23. The molecule has 2 amide bonds. The van der Waals surface area contributed by atoms with Crippen LogP contribution in [0.25, 0.3) is 0 Å². The van der Waals surface area contributed by atoms with Crippen molar-refractivity contribution in [3.63, 3.8) is 0 Å². The summed E-state index contributed by atoms with van der Waals surface area (Å²) < 4.78 is 45.3. The van der Waals surface area contributed by atoms with Gasteiger partial charge < -0.3 is 15.1 Å². The minimum absolute atomic E-state index is 0.0405. The van der Waals surface area contributed by atoms with Crippen molar-refractivity contribution in [2.75, 3.05) is 16.4 Å². The number of benzene rings is 2. The quantitative estimate of drug-likeness (QED) is 0.496. The molecule has 30 heavy (non-hydrogen) atoms. The van der Waals surface area contributed by atoms with Gasteiger partial charge in [-0.3, -0.25) is 9.59 Å².